The lowest BCUT2D eigenvalue weighted by Gasteiger charge is -2.57. The molecule has 3 N–H and O–H groups in total. The number of alkyl halides is 3. The number of benzene rings is 1. The van der Waals surface area contributed by atoms with Gasteiger partial charge in [0.15, 0.2) is 0 Å². The maximum absolute atomic E-state index is 12.5. The molecule has 140 valence electrons. The fourth-order valence-corrected chi connectivity index (χ4v) is 3.03. The van der Waals surface area contributed by atoms with E-state index in [1.54, 1.807) is 6.07 Å². The molecule has 2 unspecified atom stereocenters. The van der Waals surface area contributed by atoms with Gasteiger partial charge in [-0.15, -0.1) is 13.2 Å². The second-order valence-electron chi connectivity index (χ2n) is 6.68. The summed E-state index contributed by atoms with van der Waals surface area (Å²) in [7, 11) is 0. The zero-order valence-corrected chi connectivity index (χ0v) is 14.4. The van der Waals surface area contributed by atoms with E-state index in [2.05, 4.69) is 10.1 Å². The average Bonchev–Trinajstić information content (AvgIpc) is 2.51. The van der Waals surface area contributed by atoms with Gasteiger partial charge in [-0.25, -0.2) is 0 Å². The van der Waals surface area contributed by atoms with E-state index in [9.17, 15) is 18.0 Å². The summed E-state index contributed by atoms with van der Waals surface area (Å²) in [5.74, 6) is -0.767. The molecule has 1 aromatic carbocycles. The number of para-hydroxylation sites is 1. The van der Waals surface area contributed by atoms with Gasteiger partial charge < -0.3 is 20.5 Å². The van der Waals surface area contributed by atoms with E-state index in [0.29, 0.717) is 13.0 Å². The first kappa shape index (κ1) is 19.5. The average molecular weight is 360 g/mol. The highest BCUT2D eigenvalue weighted by Gasteiger charge is 2.62. The largest absolute Gasteiger partial charge is 0.573 e. The van der Waals surface area contributed by atoms with Crippen LogP contribution in [0, 0.1) is 5.41 Å². The van der Waals surface area contributed by atoms with Crippen molar-refractivity contribution in [1.29, 1.82) is 0 Å². The molecule has 5 nitrogen and oxygen atoms in total. The van der Waals surface area contributed by atoms with Gasteiger partial charge in [-0.1, -0.05) is 32.0 Å². The summed E-state index contributed by atoms with van der Waals surface area (Å²) < 4.78 is 46.9. The molecule has 0 spiro atoms. The number of hydrogen-bond donors (Lipinski definition) is 2. The monoisotopic (exact) mass is 360 g/mol. The lowest BCUT2D eigenvalue weighted by molar-refractivity contribution is -0.274. The SMILES string of the molecule is CCOC1CC(N)(C(=O)NCc2ccccc2OC(F)(F)F)C1(C)C. The smallest absolute Gasteiger partial charge is 0.405 e. The van der Waals surface area contributed by atoms with E-state index in [1.807, 2.05) is 20.8 Å². The molecular formula is C17H23F3N2O3. The molecule has 1 aliphatic rings. The number of carbonyl (C=O) groups excluding carboxylic acids is 1. The van der Waals surface area contributed by atoms with Gasteiger partial charge in [0.2, 0.25) is 5.91 Å². The minimum Gasteiger partial charge on any atom is -0.405 e. The van der Waals surface area contributed by atoms with E-state index < -0.39 is 23.2 Å². The first-order valence-electron chi connectivity index (χ1n) is 8.03. The predicted octanol–water partition coefficient (Wildman–Crippen LogP) is 2.73. The molecule has 25 heavy (non-hydrogen) atoms. The van der Waals surface area contributed by atoms with Crippen molar-refractivity contribution in [2.75, 3.05) is 6.61 Å². The van der Waals surface area contributed by atoms with Crippen molar-refractivity contribution in [1.82, 2.24) is 5.32 Å². The van der Waals surface area contributed by atoms with Crippen molar-refractivity contribution in [3.63, 3.8) is 0 Å². The van der Waals surface area contributed by atoms with Crippen LogP contribution in [0.4, 0.5) is 13.2 Å². The van der Waals surface area contributed by atoms with Gasteiger partial charge >= 0.3 is 6.36 Å². The van der Waals surface area contributed by atoms with Gasteiger partial charge in [0.25, 0.3) is 0 Å². The van der Waals surface area contributed by atoms with Gasteiger partial charge in [0.1, 0.15) is 11.3 Å². The molecule has 1 saturated carbocycles. The molecule has 0 aromatic heterocycles. The third-order valence-electron chi connectivity index (χ3n) is 4.87. The standard InChI is InChI=1S/C17H23F3N2O3/c1-4-24-13-9-16(21,15(13,2)3)14(23)22-10-11-7-5-6-8-12(11)25-17(18,19)20/h5-8,13H,4,9-10,21H2,1-3H3,(H,22,23). The number of nitrogens with two attached hydrogens (primary N) is 1. The number of hydrogen-bond acceptors (Lipinski definition) is 4. The quantitative estimate of drug-likeness (QED) is 0.818. The van der Waals surface area contributed by atoms with Crippen molar-refractivity contribution in [3.05, 3.63) is 29.8 Å². The Kier molecular flexibility index (Phi) is 5.34. The zero-order valence-electron chi connectivity index (χ0n) is 14.4. The number of halogens is 3. The maximum Gasteiger partial charge on any atom is 0.573 e. The molecule has 0 saturated heterocycles. The summed E-state index contributed by atoms with van der Waals surface area (Å²) in [6.45, 7) is 5.96. The summed E-state index contributed by atoms with van der Waals surface area (Å²) in [6, 6.07) is 5.66. The van der Waals surface area contributed by atoms with Crippen molar-refractivity contribution in [3.8, 4) is 5.75 Å². The highest BCUT2D eigenvalue weighted by Crippen LogP contribution is 2.49. The van der Waals surface area contributed by atoms with E-state index >= 15 is 0 Å². The molecule has 2 rings (SSSR count). The molecule has 0 radical (unpaired) electrons. The summed E-state index contributed by atoms with van der Waals surface area (Å²) in [5, 5.41) is 2.62. The molecule has 1 fully saturated rings. The van der Waals surface area contributed by atoms with Gasteiger partial charge in [-0.2, -0.15) is 0 Å². The van der Waals surface area contributed by atoms with Crippen LogP contribution in [0.2, 0.25) is 0 Å². The number of nitrogens with one attached hydrogen (secondary N) is 1. The Hall–Kier alpha value is -1.80. The molecule has 0 aliphatic heterocycles. The van der Waals surface area contributed by atoms with Crippen LogP contribution < -0.4 is 15.8 Å². The Bertz CT molecular complexity index is 634. The van der Waals surface area contributed by atoms with Gasteiger partial charge in [0.05, 0.1) is 6.10 Å². The fourth-order valence-electron chi connectivity index (χ4n) is 3.03. The fraction of sp³-hybridized carbons (Fsp3) is 0.588. The molecule has 1 aliphatic carbocycles. The zero-order chi connectivity index (χ0) is 18.9. The second-order valence-corrected chi connectivity index (χ2v) is 6.68. The Morgan fingerprint density at radius 1 is 1.36 bits per heavy atom. The van der Waals surface area contributed by atoms with Crippen LogP contribution in [0.15, 0.2) is 24.3 Å². The van der Waals surface area contributed by atoms with Crippen molar-refractivity contribution >= 4 is 5.91 Å². The van der Waals surface area contributed by atoms with Crippen LogP contribution in [0.3, 0.4) is 0 Å². The molecule has 1 amide bonds. The van der Waals surface area contributed by atoms with Crippen LogP contribution in [0.25, 0.3) is 0 Å². The molecule has 0 bridgehead atoms. The van der Waals surface area contributed by atoms with Crippen molar-refractivity contribution in [2.24, 2.45) is 11.1 Å². The van der Waals surface area contributed by atoms with Gasteiger partial charge in [-0.05, 0) is 13.0 Å². The minimum absolute atomic E-state index is 0.112. The Labute approximate surface area is 144 Å². The number of ether oxygens (including phenoxy) is 2. The van der Waals surface area contributed by atoms with Crippen LogP contribution in [0.5, 0.6) is 5.75 Å². The first-order valence-corrected chi connectivity index (χ1v) is 8.03. The third-order valence-corrected chi connectivity index (χ3v) is 4.87. The topological polar surface area (TPSA) is 73.6 Å². The molecular weight excluding hydrogens is 337 g/mol. The molecule has 8 heteroatoms. The third kappa shape index (κ3) is 3.90. The molecule has 0 heterocycles. The lowest BCUT2D eigenvalue weighted by Crippen LogP contribution is -2.75. The number of amides is 1. The van der Waals surface area contributed by atoms with Crippen LogP contribution in [-0.4, -0.2) is 30.5 Å². The minimum atomic E-state index is -4.80. The van der Waals surface area contributed by atoms with E-state index in [1.165, 1.54) is 18.2 Å². The molecule has 1 aromatic rings. The number of rotatable bonds is 6. The summed E-state index contributed by atoms with van der Waals surface area (Å²) >= 11 is 0. The second kappa shape index (κ2) is 6.84. The Morgan fingerprint density at radius 2 is 2.00 bits per heavy atom. The number of carbonyl (C=O) groups is 1. The van der Waals surface area contributed by atoms with E-state index in [-0.39, 0.29) is 24.0 Å². The summed E-state index contributed by atoms with van der Waals surface area (Å²) in [6.07, 6.45) is -4.56. The summed E-state index contributed by atoms with van der Waals surface area (Å²) in [5.41, 5.74) is 4.76. The maximum atomic E-state index is 12.5. The molecule has 2 atom stereocenters. The Morgan fingerprint density at radius 3 is 2.56 bits per heavy atom. The summed E-state index contributed by atoms with van der Waals surface area (Å²) in [4.78, 5) is 12.5. The van der Waals surface area contributed by atoms with Crippen molar-refractivity contribution in [2.45, 2.75) is 51.7 Å². The normalized spacial score (nSPS) is 25.2. The predicted molar refractivity (Wildman–Crippen MR) is 85.7 cm³/mol. The van der Waals surface area contributed by atoms with Crippen molar-refractivity contribution < 1.29 is 27.4 Å². The highest BCUT2D eigenvalue weighted by atomic mass is 19.4. The lowest BCUT2D eigenvalue weighted by atomic mass is 9.54. The van der Waals surface area contributed by atoms with E-state index in [0.717, 1.165) is 0 Å². The van der Waals surface area contributed by atoms with Gasteiger partial charge in [-0.3, -0.25) is 4.79 Å². The van der Waals surface area contributed by atoms with Gasteiger partial charge in [0, 0.05) is 30.6 Å². The van der Waals surface area contributed by atoms with Crippen LogP contribution in [0.1, 0.15) is 32.8 Å². The van der Waals surface area contributed by atoms with Crippen LogP contribution in [-0.2, 0) is 16.1 Å². The first-order chi connectivity index (χ1) is 11.5. The van der Waals surface area contributed by atoms with E-state index in [4.69, 9.17) is 10.5 Å². The highest BCUT2D eigenvalue weighted by molar-refractivity contribution is 5.88. The Balaban J connectivity index is 2.04. The van der Waals surface area contributed by atoms with Crippen LogP contribution >= 0.6 is 0 Å².